The molecule has 1 heterocycles. The third-order valence-electron chi connectivity index (χ3n) is 2.88. The fourth-order valence-electron chi connectivity index (χ4n) is 1.96. The minimum atomic E-state index is -0.551. The molecular formula is C13H14N4O2S. The average molecular weight is 290 g/mol. The number of nitrogens with zero attached hydrogens (tertiary/aromatic N) is 3. The van der Waals surface area contributed by atoms with Gasteiger partial charge in [-0.2, -0.15) is 0 Å². The summed E-state index contributed by atoms with van der Waals surface area (Å²) in [5.41, 5.74) is 9.14. The van der Waals surface area contributed by atoms with Crippen molar-refractivity contribution in [2.75, 3.05) is 20.2 Å². The zero-order valence-corrected chi connectivity index (χ0v) is 11.8. The number of carbonyl (C=O) groups is 1. The lowest BCUT2D eigenvalue weighted by Gasteiger charge is -2.15. The minimum absolute atomic E-state index is 0.284. The maximum absolute atomic E-state index is 11.9. The first-order valence-electron chi connectivity index (χ1n) is 6.06. The number of hydrogen-bond acceptors (Lipinski definition) is 5. The van der Waals surface area contributed by atoms with Crippen molar-refractivity contribution in [3.8, 4) is 0 Å². The van der Waals surface area contributed by atoms with Gasteiger partial charge < -0.3 is 10.1 Å². The Morgan fingerprint density at radius 1 is 1.55 bits per heavy atom. The maximum atomic E-state index is 11.9. The highest BCUT2D eigenvalue weighted by Gasteiger charge is 2.23. The predicted octanol–water partition coefficient (Wildman–Crippen LogP) is 3.02. The molecule has 20 heavy (non-hydrogen) atoms. The van der Waals surface area contributed by atoms with Gasteiger partial charge in [0.1, 0.15) is 6.04 Å². The molecule has 1 atom stereocenters. The molecule has 6 nitrogen and oxygen atoms in total. The van der Waals surface area contributed by atoms with Gasteiger partial charge in [0, 0.05) is 22.7 Å². The van der Waals surface area contributed by atoms with Gasteiger partial charge in [0.15, 0.2) is 0 Å². The lowest BCUT2D eigenvalue weighted by Crippen LogP contribution is -2.31. The number of rotatable bonds is 6. The number of thiophene rings is 1. The zero-order chi connectivity index (χ0) is 14.4. The van der Waals surface area contributed by atoms with Gasteiger partial charge in [-0.3, -0.25) is 0 Å². The van der Waals surface area contributed by atoms with Crippen LogP contribution in [0.2, 0.25) is 0 Å². The number of hydrogen-bond donors (Lipinski definition) is 1. The topological polar surface area (TPSA) is 87.1 Å². The molecule has 0 radical (unpaired) electrons. The number of fused-ring (bicyclic) bond motifs is 1. The number of methoxy groups -OCH3 is 1. The van der Waals surface area contributed by atoms with Crippen molar-refractivity contribution < 1.29 is 9.53 Å². The van der Waals surface area contributed by atoms with E-state index in [1.54, 1.807) is 11.3 Å². The van der Waals surface area contributed by atoms with Crippen LogP contribution in [-0.4, -0.2) is 26.2 Å². The summed E-state index contributed by atoms with van der Waals surface area (Å²) in [5, 5.41) is 9.49. The molecule has 0 bridgehead atoms. The Hall–Kier alpha value is -2.08. The second-order valence-corrected chi connectivity index (χ2v) is 4.96. The lowest BCUT2D eigenvalue weighted by molar-refractivity contribution is -0.143. The minimum Gasteiger partial charge on any atom is -0.468 e. The zero-order valence-electron chi connectivity index (χ0n) is 10.9. The molecule has 0 aliphatic carbocycles. The van der Waals surface area contributed by atoms with E-state index in [9.17, 15) is 4.79 Å². The van der Waals surface area contributed by atoms with E-state index in [2.05, 4.69) is 15.3 Å². The third kappa shape index (κ3) is 3.08. The summed E-state index contributed by atoms with van der Waals surface area (Å²) in [7, 11) is 1.36. The Balaban J connectivity index is 2.26. The molecule has 2 rings (SSSR count). The van der Waals surface area contributed by atoms with Crippen molar-refractivity contribution in [2.45, 2.75) is 6.04 Å². The highest BCUT2D eigenvalue weighted by molar-refractivity contribution is 7.17. The first-order chi connectivity index (χ1) is 9.77. The number of benzene rings is 1. The molecular weight excluding hydrogens is 276 g/mol. The van der Waals surface area contributed by atoms with Crippen molar-refractivity contribution in [3.05, 3.63) is 45.7 Å². The summed E-state index contributed by atoms with van der Waals surface area (Å²) in [4.78, 5) is 14.6. The molecule has 0 amide bonds. The van der Waals surface area contributed by atoms with Crippen molar-refractivity contribution in [2.24, 2.45) is 5.11 Å². The molecule has 0 saturated heterocycles. The van der Waals surface area contributed by atoms with Crippen LogP contribution >= 0.6 is 11.3 Å². The molecule has 7 heteroatoms. The molecule has 0 aliphatic rings. The van der Waals surface area contributed by atoms with Crippen molar-refractivity contribution in [1.82, 2.24) is 5.32 Å². The Kier molecular flexibility index (Phi) is 4.95. The summed E-state index contributed by atoms with van der Waals surface area (Å²) in [6.07, 6.45) is 0. The van der Waals surface area contributed by atoms with E-state index in [1.807, 2.05) is 29.6 Å². The highest BCUT2D eigenvalue weighted by atomic mass is 32.1. The van der Waals surface area contributed by atoms with Crippen LogP contribution < -0.4 is 5.32 Å². The average Bonchev–Trinajstić information content (AvgIpc) is 2.90. The normalized spacial score (nSPS) is 11.8. The molecule has 0 fully saturated rings. The third-order valence-corrected chi connectivity index (χ3v) is 3.86. The smallest absolute Gasteiger partial charge is 0.327 e. The number of azide groups is 1. The summed E-state index contributed by atoms with van der Waals surface area (Å²) >= 11 is 1.58. The molecule has 0 saturated carbocycles. The van der Waals surface area contributed by atoms with E-state index in [0.29, 0.717) is 6.54 Å². The second-order valence-electron chi connectivity index (χ2n) is 4.05. The van der Waals surface area contributed by atoms with Crippen molar-refractivity contribution in [3.63, 3.8) is 0 Å². The van der Waals surface area contributed by atoms with Gasteiger partial charge in [0.05, 0.1) is 7.11 Å². The van der Waals surface area contributed by atoms with Crippen LogP contribution in [0, 0.1) is 0 Å². The van der Waals surface area contributed by atoms with Crippen molar-refractivity contribution in [1.29, 1.82) is 0 Å². The van der Waals surface area contributed by atoms with Crippen molar-refractivity contribution >= 4 is 27.4 Å². The maximum Gasteiger partial charge on any atom is 0.327 e. The van der Waals surface area contributed by atoms with Gasteiger partial charge in [0.2, 0.25) is 0 Å². The van der Waals surface area contributed by atoms with Crippen LogP contribution in [0.15, 0.2) is 34.8 Å². The standard InChI is InChI=1S/C13H14N4O2S/c1-19-13(18)12(15-6-7-16-17-14)10-8-20-11-5-3-2-4-9(10)11/h2-5,8,12,15H,6-7H2,1H3. The van der Waals surface area contributed by atoms with Crippen LogP contribution in [0.4, 0.5) is 0 Å². The highest BCUT2D eigenvalue weighted by Crippen LogP contribution is 2.30. The van der Waals surface area contributed by atoms with E-state index in [0.717, 1.165) is 15.6 Å². The van der Waals surface area contributed by atoms with Crippen LogP contribution in [-0.2, 0) is 9.53 Å². The van der Waals surface area contributed by atoms with Crippen LogP contribution in [0.5, 0.6) is 0 Å². The molecule has 1 aromatic carbocycles. The van der Waals surface area contributed by atoms with E-state index < -0.39 is 6.04 Å². The predicted molar refractivity (Wildman–Crippen MR) is 78.6 cm³/mol. The second kappa shape index (κ2) is 6.91. The van der Waals surface area contributed by atoms with Gasteiger partial charge >= 0.3 is 5.97 Å². The molecule has 1 unspecified atom stereocenters. The first-order valence-corrected chi connectivity index (χ1v) is 6.94. The van der Waals surface area contributed by atoms with E-state index in [-0.39, 0.29) is 12.5 Å². The Labute approximate surface area is 120 Å². The van der Waals surface area contributed by atoms with Gasteiger partial charge in [-0.15, -0.1) is 11.3 Å². The first kappa shape index (κ1) is 14.3. The van der Waals surface area contributed by atoms with Crippen LogP contribution in [0.3, 0.4) is 0 Å². The molecule has 1 aromatic heterocycles. The monoisotopic (exact) mass is 290 g/mol. The fraction of sp³-hybridized carbons (Fsp3) is 0.308. The summed E-state index contributed by atoms with van der Waals surface area (Å²) in [6.45, 7) is 0.695. The van der Waals surface area contributed by atoms with E-state index in [4.69, 9.17) is 10.3 Å². The Bertz CT molecular complexity index is 649. The van der Waals surface area contributed by atoms with E-state index >= 15 is 0 Å². The largest absolute Gasteiger partial charge is 0.468 e. The number of esters is 1. The van der Waals surface area contributed by atoms with Crippen LogP contribution in [0.25, 0.3) is 20.5 Å². The molecule has 104 valence electrons. The SMILES string of the molecule is COC(=O)C(NCCN=[N+]=[N-])c1csc2ccccc12. The number of nitrogens with one attached hydrogen (secondary N) is 1. The Morgan fingerprint density at radius 2 is 2.35 bits per heavy atom. The summed E-state index contributed by atoms with van der Waals surface area (Å²) < 4.78 is 5.96. The molecule has 0 spiro atoms. The van der Waals surface area contributed by atoms with Crippen LogP contribution in [0.1, 0.15) is 11.6 Å². The lowest BCUT2D eigenvalue weighted by atomic mass is 10.1. The number of ether oxygens (including phenoxy) is 1. The quantitative estimate of drug-likeness (QED) is 0.291. The number of carbonyl (C=O) groups excluding carboxylic acids is 1. The molecule has 2 aromatic rings. The molecule has 0 aliphatic heterocycles. The fourth-order valence-corrected chi connectivity index (χ4v) is 2.95. The molecule has 1 N–H and O–H groups in total. The Morgan fingerprint density at radius 3 is 3.10 bits per heavy atom. The summed E-state index contributed by atoms with van der Waals surface area (Å²) in [5.74, 6) is -0.352. The van der Waals surface area contributed by atoms with E-state index in [1.165, 1.54) is 7.11 Å². The van der Waals surface area contributed by atoms with Gasteiger partial charge in [0.25, 0.3) is 0 Å². The van der Waals surface area contributed by atoms with Gasteiger partial charge in [-0.1, -0.05) is 23.3 Å². The summed E-state index contributed by atoms with van der Waals surface area (Å²) in [6, 6.07) is 7.34. The van der Waals surface area contributed by atoms with Gasteiger partial charge in [-0.05, 0) is 27.9 Å². The van der Waals surface area contributed by atoms with Gasteiger partial charge in [-0.25, -0.2) is 4.79 Å².